The molecule has 3 aromatic rings. The minimum Gasteiger partial charge on any atom is -0.325 e. The summed E-state index contributed by atoms with van der Waals surface area (Å²) < 4.78 is 26.5. The molecule has 0 heterocycles. The molecule has 1 amide bonds. The number of halogens is 2. The van der Waals surface area contributed by atoms with E-state index in [-0.39, 0.29) is 16.6 Å². The number of carbonyl (C=O) groups excluding carboxylic acids is 1. The van der Waals surface area contributed by atoms with Crippen LogP contribution in [0.25, 0.3) is 11.1 Å². The molecule has 3 aromatic carbocycles. The second-order valence-corrected chi connectivity index (χ2v) is 6.34. The fourth-order valence-electron chi connectivity index (χ4n) is 2.38. The van der Waals surface area contributed by atoms with Crippen molar-refractivity contribution in [2.75, 3.05) is 11.1 Å². The summed E-state index contributed by atoms with van der Waals surface area (Å²) in [6.07, 6.45) is 0. The van der Waals surface area contributed by atoms with Gasteiger partial charge in [0.15, 0.2) is 0 Å². The predicted octanol–water partition coefficient (Wildman–Crippen LogP) is 5.36. The fraction of sp³-hybridized carbons (Fsp3) is 0.0500. The maximum absolute atomic E-state index is 13.6. The van der Waals surface area contributed by atoms with Gasteiger partial charge in [-0.15, -0.1) is 11.8 Å². The topological polar surface area (TPSA) is 29.1 Å². The first-order valence-electron chi connectivity index (χ1n) is 7.65. The summed E-state index contributed by atoms with van der Waals surface area (Å²) in [4.78, 5) is 12.5. The van der Waals surface area contributed by atoms with Crippen LogP contribution in [-0.2, 0) is 4.79 Å². The highest BCUT2D eigenvalue weighted by atomic mass is 32.2. The molecule has 3 rings (SSSR count). The summed E-state index contributed by atoms with van der Waals surface area (Å²) in [7, 11) is 0. The molecule has 0 aliphatic heterocycles. The quantitative estimate of drug-likeness (QED) is 0.624. The van der Waals surface area contributed by atoms with Crippen LogP contribution in [0.15, 0.2) is 77.7 Å². The van der Waals surface area contributed by atoms with E-state index in [1.54, 1.807) is 0 Å². The van der Waals surface area contributed by atoms with Crippen LogP contribution in [0.5, 0.6) is 0 Å². The first-order chi connectivity index (χ1) is 12.1. The number of rotatable bonds is 5. The maximum Gasteiger partial charge on any atom is 0.234 e. The molecule has 0 radical (unpaired) electrons. The number of amides is 1. The minimum atomic E-state index is -0.664. The van der Waals surface area contributed by atoms with E-state index in [9.17, 15) is 13.6 Å². The number of anilines is 1. The fourth-order valence-corrected chi connectivity index (χ4v) is 3.10. The zero-order valence-corrected chi connectivity index (χ0v) is 14.0. The third-order valence-corrected chi connectivity index (χ3v) is 4.59. The number of carbonyl (C=O) groups is 1. The number of hydrogen-bond donors (Lipinski definition) is 1. The molecule has 0 saturated heterocycles. The second kappa shape index (κ2) is 7.94. The average molecular weight is 355 g/mol. The van der Waals surface area contributed by atoms with Crippen LogP contribution in [0.3, 0.4) is 0 Å². The van der Waals surface area contributed by atoms with Crippen molar-refractivity contribution in [3.05, 3.63) is 84.4 Å². The molecule has 5 heteroatoms. The summed E-state index contributed by atoms with van der Waals surface area (Å²) in [6, 6.07) is 20.5. The monoisotopic (exact) mass is 355 g/mol. The van der Waals surface area contributed by atoms with Gasteiger partial charge in [-0.3, -0.25) is 4.79 Å². The van der Waals surface area contributed by atoms with E-state index >= 15 is 0 Å². The SMILES string of the molecule is O=C(CSc1ccc(F)cc1F)Nc1ccccc1-c1ccccc1. The van der Waals surface area contributed by atoms with Gasteiger partial charge in [-0.1, -0.05) is 48.5 Å². The maximum atomic E-state index is 13.6. The molecule has 0 aromatic heterocycles. The molecular weight excluding hydrogens is 340 g/mol. The highest BCUT2D eigenvalue weighted by Crippen LogP contribution is 2.28. The molecule has 0 unspecified atom stereocenters. The summed E-state index contributed by atoms with van der Waals surface area (Å²) >= 11 is 1.03. The predicted molar refractivity (Wildman–Crippen MR) is 97.6 cm³/mol. The normalized spacial score (nSPS) is 10.5. The van der Waals surface area contributed by atoms with Gasteiger partial charge in [0, 0.05) is 22.2 Å². The van der Waals surface area contributed by atoms with Gasteiger partial charge >= 0.3 is 0 Å². The Morgan fingerprint density at radius 2 is 1.64 bits per heavy atom. The van der Waals surface area contributed by atoms with E-state index in [0.29, 0.717) is 5.69 Å². The summed E-state index contributed by atoms with van der Waals surface area (Å²) in [6.45, 7) is 0. The molecule has 126 valence electrons. The summed E-state index contributed by atoms with van der Waals surface area (Å²) in [5, 5.41) is 2.85. The molecular formula is C20H15F2NOS. The highest BCUT2D eigenvalue weighted by Gasteiger charge is 2.10. The van der Waals surface area contributed by atoms with Gasteiger partial charge in [0.25, 0.3) is 0 Å². The number of benzene rings is 3. The largest absolute Gasteiger partial charge is 0.325 e. The Balaban J connectivity index is 1.69. The Morgan fingerprint density at radius 1 is 0.920 bits per heavy atom. The van der Waals surface area contributed by atoms with Gasteiger partial charge in [-0.2, -0.15) is 0 Å². The lowest BCUT2D eigenvalue weighted by Gasteiger charge is -2.11. The van der Waals surface area contributed by atoms with Crippen molar-refractivity contribution in [3.8, 4) is 11.1 Å². The zero-order chi connectivity index (χ0) is 17.6. The van der Waals surface area contributed by atoms with E-state index in [1.165, 1.54) is 12.1 Å². The summed E-state index contributed by atoms with van der Waals surface area (Å²) in [5.74, 6) is -1.52. The molecule has 0 atom stereocenters. The molecule has 1 N–H and O–H groups in total. The van der Waals surface area contributed by atoms with Crippen LogP contribution in [0, 0.1) is 11.6 Å². The first-order valence-corrected chi connectivity index (χ1v) is 8.64. The first kappa shape index (κ1) is 17.2. The van der Waals surface area contributed by atoms with Crippen LogP contribution in [0.1, 0.15) is 0 Å². The van der Waals surface area contributed by atoms with E-state index in [0.717, 1.165) is 29.0 Å². The molecule has 0 aliphatic carbocycles. The zero-order valence-electron chi connectivity index (χ0n) is 13.2. The molecule has 2 nitrogen and oxygen atoms in total. The molecule has 0 saturated carbocycles. The Morgan fingerprint density at radius 3 is 2.40 bits per heavy atom. The lowest BCUT2D eigenvalue weighted by molar-refractivity contribution is -0.113. The molecule has 0 fully saturated rings. The highest BCUT2D eigenvalue weighted by molar-refractivity contribution is 8.00. The smallest absolute Gasteiger partial charge is 0.234 e. The van der Waals surface area contributed by atoms with E-state index in [1.807, 2.05) is 54.6 Å². The Hall–Kier alpha value is -2.66. The van der Waals surface area contributed by atoms with E-state index < -0.39 is 11.6 Å². The minimum absolute atomic E-state index is 0.0334. The van der Waals surface area contributed by atoms with Crippen molar-refractivity contribution in [2.24, 2.45) is 0 Å². The van der Waals surface area contributed by atoms with Gasteiger partial charge in [0.2, 0.25) is 5.91 Å². The van der Waals surface area contributed by atoms with Crippen LogP contribution < -0.4 is 5.32 Å². The standard InChI is InChI=1S/C20H15F2NOS/c21-15-10-11-19(17(22)12-15)25-13-20(24)23-18-9-5-4-8-16(18)14-6-2-1-3-7-14/h1-12H,13H2,(H,23,24). The number of nitrogens with one attached hydrogen (secondary N) is 1. The molecule has 0 aliphatic rings. The number of hydrogen-bond acceptors (Lipinski definition) is 2. The summed E-state index contributed by atoms with van der Waals surface area (Å²) in [5.41, 5.74) is 2.60. The molecule has 0 bridgehead atoms. The van der Waals surface area contributed by atoms with Gasteiger partial charge < -0.3 is 5.32 Å². The van der Waals surface area contributed by atoms with Crippen molar-refractivity contribution in [3.63, 3.8) is 0 Å². The van der Waals surface area contributed by atoms with E-state index in [4.69, 9.17) is 0 Å². The molecule has 25 heavy (non-hydrogen) atoms. The van der Waals surface area contributed by atoms with Gasteiger partial charge in [-0.25, -0.2) is 8.78 Å². The Kier molecular flexibility index (Phi) is 5.46. The third kappa shape index (κ3) is 4.45. The second-order valence-electron chi connectivity index (χ2n) is 5.32. The number of para-hydroxylation sites is 1. The lowest BCUT2D eigenvalue weighted by Crippen LogP contribution is -2.14. The van der Waals surface area contributed by atoms with Crippen molar-refractivity contribution < 1.29 is 13.6 Å². The van der Waals surface area contributed by atoms with Crippen LogP contribution in [0.2, 0.25) is 0 Å². The third-order valence-electron chi connectivity index (χ3n) is 3.54. The lowest BCUT2D eigenvalue weighted by atomic mass is 10.0. The van der Waals surface area contributed by atoms with E-state index in [2.05, 4.69) is 5.32 Å². The van der Waals surface area contributed by atoms with Crippen molar-refractivity contribution in [1.29, 1.82) is 0 Å². The van der Waals surface area contributed by atoms with Gasteiger partial charge in [-0.05, 0) is 23.8 Å². The van der Waals surface area contributed by atoms with Gasteiger partial charge in [0.1, 0.15) is 11.6 Å². The molecule has 0 spiro atoms. The van der Waals surface area contributed by atoms with Crippen molar-refractivity contribution in [1.82, 2.24) is 0 Å². The average Bonchev–Trinajstić information content (AvgIpc) is 2.62. The van der Waals surface area contributed by atoms with Gasteiger partial charge in [0.05, 0.1) is 5.75 Å². The van der Waals surface area contributed by atoms with Crippen LogP contribution in [-0.4, -0.2) is 11.7 Å². The Labute approximate surface area is 148 Å². The Bertz CT molecular complexity index is 884. The number of thioether (sulfide) groups is 1. The van der Waals surface area contributed by atoms with Crippen molar-refractivity contribution >= 4 is 23.4 Å². The van der Waals surface area contributed by atoms with Crippen molar-refractivity contribution in [2.45, 2.75) is 4.90 Å². The van der Waals surface area contributed by atoms with Crippen LogP contribution >= 0.6 is 11.8 Å². The van der Waals surface area contributed by atoms with Crippen LogP contribution in [0.4, 0.5) is 14.5 Å².